The van der Waals surface area contributed by atoms with Gasteiger partial charge in [0, 0.05) is 19.1 Å². The predicted molar refractivity (Wildman–Crippen MR) is 60.6 cm³/mol. The lowest BCUT2D eigenvalue weighted by molar-refractivity contribution is -0.244. The average molecular weight is 281 g/mol. The van der Waals surface area contributed by atoms with Gasteiger partial charge in [0.15, 0.2) is 5.78 Å². The number of hydrogen-bond acceptors (Lipinski definition) is 4. The van der Waals surface area contributed by atoms with E-state index < -0.39 is 29.8 Å². The second-order valence-corrected chi connectivity index (χ2v) is 5.72. The van der Waals surface area contributed by atoms with Crippen LogP contribution >= 0.6 is 0 Å². The van der Waals surface area contributed by atoms with Gasteiger partial charge in [-0.3, -0.25) is 9.69 Å². The summed E-state index contributed by atoms with van der Waals surface area (Å²) >= 11 is 0. The van der Waals surface area contributed by atoms with Crippen LogP contribution in [-0.2, 0) is 9.53 Å². The van der Waals surface area contributed by atoms with Crippen LogP contribution in [0.3, 0.4) is 0 Å². The summed E-state index contributed by atoms with van der Waals surface area (Å²) in [6.07, 6.45) is -4.25. The lowest BCUT2D eigenvalue weighted by Crippen LogP contribution is -2.76. The van der Waals surface area contributed by atoms with Crippen LogP contribution in [0, 0.1) is 5.41 Å². The Bertz CT molecular complexity index is 387. The van der Waals surface area contributed by atoms with Gasteiger partial charge >= 0.3 is 6.18 Å². The van der Waals surface area contributed by atoms with E-state index in [4.69, 9.17) is 4.74 Å². The van der Waals surface area contributed by atoms with E-state index in [1.807, 2.05) is 0 Å². The van der Waals surface area contributed by atoms with Gasteiger partial charge in [-0.05, 0) is 12.8 Å². The maximum absolute atomic E-state index is 13.1. The second kappa shape index (κ2) is 4.43. The molecule has 7 heteroatoms. The molecular weight excluding hydrogens is 263 g/mol. The fraction of sp³-hybridized carbons (Fsp3) is 0.917. The number of ketones is 1. The van der Waals surface area contributed by atoms with Crippen molar-refractivity contribution in [2.75, 3.05) is 26.9 Å². The third-order valence-electron chi connectivity index (χ3n) is 4.47. The molecule has 0 aromatic rings. The maximum atomic E-state index is 13.1. The van der Waals surface area contributed by atoms with E-state index in [-0.39, 0.29) is 25.4 Å². The average Bonchev–Trinajstić information content (AvgIpc) is 2.33. The number of fused-ring (bicyclic) bond motifs is 3. The Kier molecular flexibility index (Phi) is 3.43. The molecule has 1 N–H and O–H groups in total. The number of nitrogens with zero attached hydrogens (tertiary/aromatic N) is 1. The lowest BCUT2D eigenvalue weighted by Gasteiger charge is -2.59. The Balaban J connectivity index is 2.47. The van der Waals surface area contributed by atoms with Crippen molar-refractivity contribution in [2.45, 2.75) is 37.5 Å². The van der Waals surface area contributed by atoms with Crippen LogP contribution in [0.1, 0.15) is 19.8 Å². The van der Waals surface area contributed by atoms with Crippen molar-refractivity contribution in [3.63, 3.8) is 0 Å². The number of aliphatic hydroxyl groups is 1. The summed E-state index contributed by atoms with van der Waals surface area (Å²) in [6, 6.07) is -1.69. The Morgan fingerprint density at radius 1 is 1.53 bits per heavy atom. The molecule has 19 heavy (non-hydrogen) atoms. The quantitative estimate of drug-likeness (QED) is 0.838. The van der Waals surface area contributed by atoms with Crippen LogP contribution < -0.4 is 0 Å². The van der Waals surface area contributed by atoms with E-state index in [2.05, 4.69) is 0 Å². The zero-order valence-corrected chi connectivity index (χ0v) is 11.0. The van der Waals surface area contributed by atoms with Gasteiger partial charge in [-0.1, -0.05) is 6.92 Å². The highest BCUT2D eigenvalue weighted by molar-refractivity contribution is 5.95. The normalized spacial score (nSPS) is 42.7. The third kappa shape index (κ3) is 1.98. The summed E-state index contributed by atoms with van der Waals surface area (Å²) in [5.41, 5.74) is -2.59. The van der Waals surface area contributed by atoms with Crippen LogP contribution in [0.25, 0.3) is 0 Å². The molecule has 0 radical (unpaired) electrons. The molecule has 4 atom stereocenters. The molecule has 0 amide bonds. The summed E-state index contributed by atoms with van der Waals surface area (Å²) in [4.78, 5) is 13.6. The van der Waals surface area contributed by atoms with Crippen molar-refractivity contribution in [2.24, 2.45) is 5.41 Å². The standard InChI is InChI=1S/C12H18F3NO3/c1-10-3-4-16(8(5-10)12(13,14)15)11(6-17,7-19-2)9(10)18/h8,17H,3-7H2,1-2H3/t8-,10-,11+/m0/s1. The molecule has 3 fully saturated rings. The van der Waals surface area contributed by atoms with Crippen molar-refractivity contribution in [1.29, 1.82) is 0 Å². The predicted octanol–water partition coefficient (Wildman–Crippen LogP) is 0.980. The first kappa shape index (κ1) is 14.7. The Morgan fingerprint density at radius 3 is 2.63 bits per heavy atom. The molecule has 2 bridgehead atoms. The number of rotatable bonds is 3. The van der Waals surface area contributed by atoms with Crippen LogP contribution in [-0.4, -0.2) is 60.4 Å². The smallest absolute Gasteiger partial charge is 0.394 e. The lowest BCUT2D eigenvalue weighted by atomic mass is 9.61. The van der Waals surface area contributed by atoms with E-state index >= 15 is 0 Å². The first-order valence-corrected chi connectivity index (χ1v) is 6.19. The molecule has 4 nitrogen and oxygen atoms in total. The molecule has 0 saturated carbocycles. The van der Waals surface area contributed by atoms with Crippen molar-refractivity contribution in [3.05, 3.63) is 0 Å². The molecule has 1 unspecified atom stereocenters. The van der Waals surface area contributed by atoms with Gasteiger partial charge in [-0.25, -0.2) is 0 Å². The number of piperidine rings is 3. The van der Waals surface area contributed by atoms with Gasteiger partial charge in [0.1, 0.15) is 11.6 Å². The number of carbonyl (C=O) groups is 1. The summed E-state index contributed by atoms with van der Waals surface area (Å²) in [5, 5.41) is 9.55. The fourth-order valence-corrected chi connectivity index (χ4v) is 3.46. The number of Topliss-reactive ketones (excluding diaryl/α,β-unsaturated/α-hetero) is 1. The number of ether oxygens (including phenoxy) is 1. The zero-order valence-electron chi connectivity index (χ0n) is 11.0. The largest absolute Gasteiger partial charge is 0.404 e. The number of hydrogen-bond donors (Lipinski definition) is 1. The highest BCUT2D eigenvalue weighted by atomic mass is 19.4. The topological polar surface area (TPSA) is 49.8 Å². The van der Waals surface area contributed by atoms with Gasteiger partial charge < -0.3 is 9.84 Å². The molecule has 110 valence electrons. The Hall–Kier alpha value is -0.660. The fourth-order valence-electron chi connectivity index (χ4n) is 3.46. The van der Waals surface area contributed by atoms with Gasteiger partial charge in [0.05, 0.1) is 13.2 Å². The minimum Gasteiger partial charge on any atom is -0.394 e. The first-order chi connectivity index (χ1) is 8.71. The molecule has 3 saturated heterocycles. The first-order valence-electron chi connectivity index (χ1n) is 6.19. The maximum Gasteiger partial charge on any atom is 0.404 e. The Morgan fingerprint density at radius 2 is 2.16 bits per heavy atom. The number of aliphatic hydroxyl groups excluding tert-OH is 1. The van der Waals surface area contributed by atoms with Crippen molar-refractivity contribution < 1.29 is 27.8 Å². The minimum absolute atomic E-state index is 0.149. The van der Waals surface area contributed by atoms with Gasteiger partial charge in [-0.15, -0.1) is 0 Å². The monoisotopic (exact) mass is 281 g/mol. The van der Waals surface area contributed by atoms with E-state index in [1.165, 1.54) is 7.11 Å². The Labute approximate surface area is 109 Å². The number of carbonyl (C=O) groups excluding carboxylic acids is 1. The minimum atomic E-state index is -4.41. The molecule has 3 aliphatic rings. The van der Waals surface area contributed by atoms with E-state index in [0.29, 0.717) is 6.42 Å². The van der Waals surface area contributed by atoms with E-state index in [0.717, 1.165) is 4.90 Å². The molecule has 3 rings (SSSR count). The van der Waals surface area contributed by atoms with Gasteiger partial charge in [-0.2, -0.15) is 13.2 Å². The zero-order chi connectivity index (χ0) is 14.5. The molecule has 0 aromatic carbocycles. The highest BCUT2D eigenvalue weighted by Gasteiger charge is 2.66. The molecule has 0 spiro atoms. The molecule has 3 aliphatic heterocycles. The van der Waals surface area contributed by atoms with E-state index in [1.54, 1.807) is 6.92 Å². The van der Waals surface area contributed by atoms with Gasteiger partial charge in [0.25, 0.3) is 0 Å². The van der Waals surface area contributed by atoms with Crippen LogP contribution in [0.5, 0.6) is 0 Å². The van der Waals surface area contributed by atoms with Crippen LogP contribution in [0.2, 0.25) is 0 Å². The summed E-state index contributed by atoms with van der Waals surface area (Å²) in [5.74, 6) is -0.337. The second-order valence-electron chi connectivity index (χ2n) is 5.72. The summed E-state index contributed by atoms with van der Waals surface area (Å²) in [7, 11) is 1.32. The van der Waals surface area contributed by atoms with E-state index in [9.17, 15) is 23.1 Å². The highest BCUT2D eigenvalue weighted by Crippen LogP contribution is 2.51. The molecule has 3 heterocycles. The summed E-state index contributed by atoms with van der Waals surface area (Å²) in [6.45, 7) is 0.841. The van der Waals surface area contributed by atoms with Crippen LogP contribution in [0.15, 0.2) is 0 Å². The SMILES string of the molecule is COC[C@]1(CO)C(=O)[C@@]2(C)CCN1[C@H](C(F)(F)F)C2. The van der Waals surface area contributed by atoms with Crippen molar-refractivity contribution >= 4 is 5.78 Å². The van der Waals surface area contributed by atoms with Crippen LogP contribution in [0.4, 0.5) is 13.2 Å². The summed E-state index contributed by atoms with van der Waals surface area (Å²) < 4.78 is 44.3. The van der Waals surface area contributed by atoms with Crippen molar-refractivity contribution in [3.8, 4) is 0 Å². The van der Waals surface area contributed by atoms with Crippen molar-refractivity contribution in [1.82, 2.24) is 4.90 Å². The molecule has 0 aromatic heterocycles. The number of methoxy groups -OCH3 is 1. The van der Waals surface area contributed by atoms with Gasteiger partial charge in [0.2, 0.25) is 0 Å². The number of alkyl halides is 3. The third-order valence-corrected chi connectivity index (χ3v) is 4.47. The molecule has 0 aliphatic carbocycles. The number of halogens is 3. The molecular formula is C12H18F3NO3.